The highest BCUT2D eigenvalue weighted by Gasteiger charge is 2.47. The Labute approximate surface area is 129 Å². The van der Waals surface area contributed by atoms with Gasteiger partial charge in [-0.3, -0.25) is 0 Å². The van der Waals surface area contributed by atoms with E-state index in [1.807, 2.05) is 7.05 Å². The Morgan fingerprint density at radius 3 is 2.48 bits per heavy atom. The molecule has 1 saturated heterocycles. The molecule has 3 nitrogen and oxygen atoms in total. The molecule has 0 aliphatic carbocycles. The van der Waals surface area contributed by atoms with Crippen LogP contribution in [0.1, 0.15) is 58.2 Å². The highest BCUT2D eigenvalue weighted by atomic mass is 16.6. The number of benzene rings is 1. The summed E-state index contributed by atoms with van der Waals surface area (Å²) in [7, 11) is 1.97. The predicted octanol–water partition coefficient (Wildman–Crippen LogP) is 4.00. The molecule has 1 aromatic rings. The topological polar surface area (TPSA) is 30.5 Å². The van der Waals surface area contributed by atoms with Crippen LogP contribution in [0.4, 0.5) is 0 Å². The lowest BCUT2D eigenvalue weighted by Crippen LogP contribution is -2.37. The Morgan fingerprint density at radius 2 is 1.95 bits per heavy atom. The average Bonchev–Trinajstić information content (AvgIpc) is 2.58. The largest absolute Gasteiger partial charge is 0.487 e. The summed E-state index contributed by atoms with van der Waals surface area (Å²) >= 11 is 0. The molecule has 0 radical (unpaired) electrons. The molecule has 2 unspecified atom stereocenters. The third kappa shape index (κ3) is 3.58. The number of ether oxygens (including phenoxy) is 2. The Balaban J connectivity index is 2.28. The van der Waals surface area contributed by atoms with Crippen LogP contribution in [0.15, 0.2) is 18.2 Å². The van der Waals surface area contributed by atoms with E-state index < -0.39 is 0 Å². The van der Waals surface area contributed by atoms with Gasteiger partial charge in [-0.2, -0.15) is 0 Å². The maximum Gasteiger partial charge on any atom is 0.130 e. The molecule has 0 amide bonds. The second-order valence-electron chi connectivity index (χ2n) is 7.33. The van der Waals surface area contributed by atoms with E-state index in [-0.39, 0.29) is 23.3 Å². The van der Waals surface area contributed by atoms with Crippen molar-refractivity contribution < 1.29 is 9.47 Å². The summed E-state index contributed by atoms with van der Waals surface area (Å²) < 4.78 is 12.5. The van der Waals surface area contributed by atoms with E-state index in [1.54, 1.807) is 0 Å². The van der Waals surface area contributed by atoms with E-state index in [0.29, 0.717) is 0 Å². The van der Waals surface area contributed by atoms with Crippen molar-refractivity contribution in [2.75, 3.05) is 7.05 Å². The Bertz CT molecular complexity index is 508. The molecule has 0 bridgehead atoms. The first-order valence-corrected chi connectivity index (χ1v) is 7.79. The quantitative estimate of drug-likeness (QED) is 0.909. The summed E-state index contributed by atoms with van der Waals surface area (Å²) in [5.41, 5.74) is 2.06. The van der Waals surface area contributed by atoms with Crippen molar-refractivity contribution in [3.8, 4) is 5.75 Å². The minimum absolute atomic E-state index is 0.0676. The number of rotatable bonds is 4. The lowest BCUT2D eigenvalue weighted by molar-refractivity contribution is -0.0847. The molecule has 0 aromatic heterocycles. The number of nitrogens with one attached hydrogen (secondary N) is 1. The van der Waals surface area contributed by atoms with E-state index in [2.05, 4.69) is 65.1 Å². The normalized spacial score (nSPS) is 24.8. The molecule has 1 N–H and O–H groups in total. The first kappa shape index (κ1) is 16.3. The monoisotopic (exact) mass is 291 g/mol. The van der Waals surface area contributed by atoms with Gasteiger partial charge < -0.3 is 14.8 Å². The third-order valence-corrected chi connectivity index (χ3v) is 4.33. The zero-order valence-electron chi connectivity index (χ0n) is 14.4. The van der Waals surface area contributed by atoms with E-state index in [0.717, 1.165) is 12.2 Å². The van der Waals surface area contributed by atoms with Crippen LogP contribution in [0.5, 0.6) is 5.75 Å². The van der Waals surface area contributed by atoms with Crippen LogP contribution in [0.3, 0.4) is 0 Å². The smallest absolute Gasteiger partial charge is 0.130 e. The molecule has 1 aliphatic heterocycles. The lowest BCUT2D eigenvalue weighted by atomic mass is 9.96. The van der Waals surface area contributed by atoms with Gasteiger partial charge >= 0.3 is 0 Å². The SMILES string of the molecule is CNC(C)c1cc(C)ccc1OC1CC(C)(C)OC1(C)C. The summed E-state index contributed by atoms with van der Waals surface area (Å²) in [6.07, 6.45) is 0.972. The third-order valence-electron chi connectivity index (χ3n) is 4.33. The van der Waals surface area contributed by atoms with Gasteiger partial charge in [0.05, 0.1) is 5.60 Å². The van der Waals surface area contributed by atoms with Crippen molar-refractivity contribution in [1.29, 1.82) is 0 Å². The maximum absolute atomic E-state index is 6.37. The second-order valence-corrected chi connectivity index (χ2v) is 7.33. The predicted molar refractivity (Wildman–Crippen MR) is 86.9 cm³/mol. The summed E-state index contributed by atoms with van der Waals surface area (Å²) in [4.78, 5) is 0. The van der Waals surface area contributed by atoms with Gasteiger partial charge in [-0.05, 0) is 54.7 Å². The van der Waals surface area contributed by atoms with Crippen LogP contribution in [0.25, 0.3) is 0 Å². The van der Waals surface area contributed by atoms with Crippen molar-refractivity contribution >= 4 is 0 Å². The van der Waals surface area contributed by atoms with Gasteiger partial charge in [0.1, 0.15) is 17.5 Å². The van der Waals surface area contributed by atoms with E-state index in [4.69, 9.17) is 9.47 Å². The molecule has 2 atom stereocenters. The van der Waals surface area contributed by atoms with Gasteiger partial charge in [0.15, 0.2) is 0 Å². The minimum atomic E-state index is -0.269. The number of hydrogen-bond donors (Lipinski definition) is 1. The van der Waals surface area contributed by atoms with Gasteiger partial charge in [-0.15, -0.1) is 0 Å². The fraction of sp³-hybridized carbons (Fsp3) is 0.667. The fourth-order valence-corrected chi connectivity index (χ4v) is 3.12. The van der Waals surface area contributed by atoms with Gasteiger partial charge in [0.25, 0.3) is 0 Å². The summed E-state index contributed by atoms with van der Waals surface area (Å²) in [6, 6.07) is 6.65. The van der Waals surface area contributed by atoms with Gasteiger partial charge in [0.2, 0.25) is 0 Å². The standard InChI is InChI=1S/C18H29NO2/c1-12-8-9-15(14(10-12)13(2)19-7)20-16-11-17(3,4)21-18(16,5)6/h8-10,13,16,19H,11H2,1-7H3. The Morgan fingerprint density at radius 1 is 1.29 bits per heavy atom. The van der Waals surface area contributed by atoms with Crippen molar-refractivity contribution in [2.45, 2.75) is 71.3 Å². The Hall–Kier alpha value is -1.06. The van der Waals surface area contributed by atoms with Crippen LogP contribution in [0.2, 0.25) is 0 Å². The number of hydrogen-bond acceptors (Lipinski definition) is 3. The zero-order chi connectivity index (χ0) is 15.8. The molecule has 118 valence electrons. The molecular formula is C18H29NO2. The van der Waals surface area contributed by atoms with Crippen LogP contribution >= 0.6 is 0 Å². The van der Waals surface area contributed by atoms with Crippen molar-refractivity contribution in [3.05, 3.63) is 29.3 Å². The molecule has 2 rings (SSSR count). The highest BCUT2D eigenvalue weighted by molar-refractivity contribution is 5.39. The first-order valence-electron chi connectivity index (χ1n) is 7.79. The van der Waals surface area contributed by atoms with E-state index in [9.17, 15) is 0 Å². The molecule has 1 aromatic carbocycles. The van der Waals surface area contributed by atoms with E-state index in [1.165, 1.54) is 11.1 Å². The fourth-order valence-electron chi connectivity index (χ4n) is 3.12. The van der Waals surface area contributed by atoms with Crippen LogP contribution in [0, 0.1) is 6.92 Å². The molecule has 3 heteroatoms. The summed E-state index contributed by atoms with van der Waals surface area (Å²) in [5, 5.41) is 3.30. The summed E-state index contributed by atoms with van der Waals surface area (Å²) in [5.74, 6) is 0.960. The lowest BCUT2D eigenvalue weighted by Gasteiger charge is -2.29. The minimum Gasteiger partial charge on any atom is -0.487 e. The molecule has 1 fully saturated rings. The van der Waals surface area contributed by atoms with Crippen LogP contribution < -0.4 is 10.1 Å². The van der Waals surface area contributed by atoms with Crippen LogP contribution in [-0.2, 0) is 4.74 Å². The van der Waals surface area contributed by atoms with E-state index >= 15 is 0 Å². The molecule has 1 heterocycles. The molecule has 0 spiro atoms. The van der Waals surface area contributed by atoms with Crippen molar-refractivity contribution in [2.24, 2.45) is 0 Å². The van der Waals surface area contributed by atoms with Gasteiger partial charge in [0, 0.05) is 18.0 Å². The molecule has 1 aliphatic rings. The first-order chi connectivity index (χ1) is 9.64. The van der Waals surface area contributed by atoms with Crippen molar-refractivity contribution in [3.63, 3.8) is 0 Å². The van der Waals surface area contributed by atoms with Crippen molar-refractivity contribution in [1.82, 2.24) is 5.32 Å². The number of aryl methyl sites for hydroxylation is 1. The second kappa shape index (κ2) is 5.62. The molecule has 0 saturated carbocycles. The highest BCUT2D eigenvalue weighted by Crippen LogP contribution is 2.40. The van der Waals surface area contributed by atoms with Gasteiger partial charge in [-0.25, -0.2) is 0 Å². The van der Waals surface area contributed by atoms with Gasteiger partial charge in [-0.1, -0.05) is 17.7 Å². The maximum atomic E-state index is 6.37. The van der Waals surface area contributed by atoms with Crippen LogP contribution in [-0.4, -0.2) is 24.4 Å². The molecular weight excluding hydrogens is 262 g/mol. The Kier molecular flexibility index (Phi) is 4.36. The average molecular weight is 291 g/mol. The zero-order valence-corrected chi connectivity index (χ0v) is 14.4. The molecule has 21 heavy (non-hydrogen) atoms. The summed E-state index contributed by atoms with van der Waals surface area (Å²) in [6.45, 7) is 12.8.